The zero-order valence-corrected chi connectivity index (χ0v) is 13.5. The number of nitrogen functional groups attached to an aromatic ring is 1. The van der Waals surface area contributed by atoms with Crippen molar-refractivity contribution in [3.8, 4) is 0 Å². The van der Waals surface area contributed by atoms with Gasteiger partial charge in [0.1, 0.15) is 17.0 Å². The average molecular weight is 319 g/mol. The lowest BCUT2D eigenvalue weighted by Gasteiger charge is -2.30. The molecule has 0 saturated carbocycles. The van der Waals surface area contributed by atoms with Crippen LogP contribution in [0, 0.1) is 13.8 Å². The molecule has 2 heterocycles. The summed E-state index contributed by atoms with van der Waals surface area (Å²) in [7, 11) is 0. The Labute approximate surface area is 134 Å². The number of piperidine rings is 1. The summed E-state index contributed by atoms with van der Waals surface area (Å²) < 4.78 is 20.2. The number of aryl methyl sites for hydroxylation is 2. The predicted molar refractivity (Wildman–Crippen MR) is 88.4 cm³/mol. The molecule has 23 heavy (non-hydrogen) atoms. The zero-order chi connectivity index (χ0) is 16.6. The van der Waals surface area contributed by atoms with Crippen LogP contribution in [-0.4, -0.2) is 31.2 Å². The predicted octanol–water partition coefficient (Wildman–Crippen LogP) is 2.45. The molecule has 1 aliphatic rings. The van der Waals surface area contributed by atoms with Crippen molar-refractivity contribution in [3.63, 3.8) is 0 Å². The molecule has 3 rings (SSSR count). The largest absolute Gasteiger partial charge is 0.460 e. The van der Waals surface area contributed by atoms with Gasteiger partial charge in [-0.2, -0.15) is 0 Å². The molecule has 2 aromatic rings. The molecule has 1 amide bonds. The van der Waals surface area contributed by atoms with E-state index >= 15 is 0 Å². The SMILES string of the molecule is Cc1cc2c(N)c(C)cc(C(=O)NCC3(F)CCNCC3)c2o1. The van der Waals surface area contributed by atoms with Gasteiger partial charge in [-0.3, -0.25) is 4.79 Å². The first-order valence-electron chi connectivity index (χ1n) is 7.87. The minimum atomic E-state index is -1.35. The third-order valence-corrected chi connectivity index (χ3v) is 4.49. The van der Waals surface area contributed by atoms with Gasteiger partial charge in [-0.05, 0) is 57.5 Å². The molecule has 1 aliphatic heterocycles. The third-order valence-electron chi connectivity index (χ3n) is 4.49. The molecule has 124 valence electrons. The Bertz CT molecular complexity index is 748. The summed E-state index contributed by atoms with van der Waals surface area (Å²) in [5.41, 5.74) is 6.98. The highest BCUT2D eigenvalue weighted by Crippen LogP contribution is 2.31. The molecule has 0 spiro atoms. The van der Waals surface area contributed by atoms with Gasteiger partial charge in [0.05, 0.1) is 12.1 Å². The van der Waals surface area contributed by atoms with Gasteiger partial charge in [-0.15, -0.1) is 0 Å². The molecule has 0 atom stereocenters. The van der Waals surface area contributed by atoms with Gasteiger partial charge in [0.2, 0.25) is 0 Å². The van der Waals surface area contributed by atoms with Crippen LogP contribution in [0.3, 0.4) is 0 Å². The number of nitrogens with one attached hydrogen (secondary N) is 2. The number of anilines is 1. The van der Waals surface area contributed by atoms with Gasteiger partial charge >= 0.3 is 0 Å². The van der Waals surface area contributed by atoms with Crippen molar-refractivity contribution in [2.45, 2.75) is 32.4 Å². The molecule has 1 aromatic heterocycles. The van der Waals surface area contributed by atoms with Crippen LogP contribution in [0.2, 0.25) is 0 Å². The maximum atomic E-state index is 14.6. The van der Waals surface area contributed by atoms with E-state index in [1.54, 1.807) is 6.07 Å². The van der Waals surface area contributed by atoms with E-state index in [2.05, 4.69) is 10.6 Å². The number of hydrogen-bond acceptors (Lipinski definition) is 4. The van der Waals surface area contributed by atoms with Gasteiger partial charge in [-0.25, -0.2) is 4.39 Å². The van der Waals surface area contributed by atoms with Crippen molar-refractivity contribution in [1.82, 2.24) is 10.6 Å². The number of halogens is 1. The lowest BCUT2D eigenvalue weighted by molar-refractivity contribution is 0.0837. The lowest BCUT2D eigenvalue weighted by Crippen LogP contribution is -2.46. The minimum absolute atomic E-state index is 0.0120. The molecule has 0 aliphatic carbocycles. The van der Waals surface area contributed by atoms with Crippen molar-refractivity contribution in [1.29, 1.82) is 0 Å². The summed E-state index contributed by atoms with van der Waals surface area (Å²) in [5, 5.41) is 6.56. The van der Waals surface area contributed by atoms with E-state index in [0.29, 0.717) is 48.5 Å². The fourth-order valence-electron chi connectivity index (χ4n) is 3.04. The molecule has 0 radical (unpaired) electrons. The fourth-order valence-corrected chi connectivity index (χ4v) is 3.04. The third kappa shape index (κ3) is 3.03. The number of carbonyl (C=O) groups is 1. The van der Waals surface area contributed by atoms with Crippen LogP contribution in [0.25, 0.3) is 11.0 Å². The molecule has 0 bridgehead atoms. The summed E-state index contributed by atoms with van der Waals surface area (Å²) in [4.78, 5) is 12.5. The number of amides is 1. The molecule has 0 unspecified atom stereocenters. The van der Waals surface area contributed by atoms with Crippen LogP contribution in [-0.2, 0) is 0 Å². The molecular weight excluding hydrogens is 297 g/mol. The van der Waals surface area contributed by atoms with E-state index in [9.17, 15) is 9.18 Å². The Balaban J connectivity index is 1.85. The lowest BCUT2D eigenvalue weighted by atomic mass is 9.94. The highest BCUT2D eigenvalue weighted by atomic mass is 19.1. The number of fused-ring (bicyclic) bond motifs is 1. The van der Waals surface area contributed by atoms with Gasteiger partial charge in [-0.1, -0.05) is 0 Å². The summed E-state index contributed by atoms with van der Waals surface area (Å²) in [6, 6.07) is 3.52. The van der Waals surface area contributed by atoms with E-state index in [4.69, 9.17) is 10.2 Å². The molecule has 6 heteroatoms. The maximum Gasteiger partial charge on any atom is 0.255 e. The number of hydrogen-bond donors (Lipinski definition) is 3. The molecular formula is C17H22FN3O2. The van der Waals surface area contributed by atoms with Crippen LogP contribution >= 0.6 is 0 Å². The van der Waals surface area contributed by atoms with Crippen molar-refractivity contribution in [2.75, 3.05) is 25.4 Å². The number of carbonyl (C=O) groups excluding carboxylic acids is 1. The quantitative estimate of drug-likeness (QED) is 0.759. The highest BCUT2D eigenvalue weighted by molar-refractivity contribution is 6.08. The minimum Gasteiger partial charge on any atom is -0.460 e. The molecule has 4 N–H and O–H groups in total. The Morgan fingerprint density at radius 2 is 2.09 bits per heavy atom. The normalized spacial score (nSPS) is 17.3. The summed E-state index contributed by atoms with van der Waals surface area (Å²) >= 11 is 0. The van der Waals surface area contributed by atoms with Crippen LogP contribution < -0.4 is 16.4 Å². The summed E-state index contributed by atoms with van der Waals surface area (Å²) in [6.45, 7) is 4.93. The number of nitrogens with two attached hydrogens (primary N) is 1. The number of furan rings is 1. The van der Waals surface area contributed by atoms with E-state index in [1.165, 1.54) is 0 Å². The topological polar surface area (TPSA) is 80.3 Å². The number of rotatable bonds is 3. The Hall–Kier alpha value is -2.08. The second kappa shape index (κ2) is 5.85. The Morgan fingerprint density at radius 3 is 2.78 bits per heavy atom. The van der Waals surface area contributed by atoms with E-state index in [-0.39, 0.29) is 12.5 Å². The van der Waals surface area contributed by atoms with Gasteiger partial charge in [0.15, 0.2) is 0 Å². The van der Waals surface area contributed by atoms with Crippen molar-refractivity contribution in [3.05, 3.63) is 29.0 Å². The summed E-state index contributed by atoms with van der Waals surface area (Å²) in [6.07, 6.45) is 0.812. The first-order valence-corrected chi connectivity index (χ1v) is 7.87. The Morgan fingerprint density at radius 1 is 1.39 bits per heavy atom. The number of benzene rings is 1. The van der Waals surface area contributed by atoms with Crippen molar-refractivity contribution in [2.24, 2.45) is 0 Å². The summed E-state index contributed by atoms with van der Waals surface area (Å²) in [5.74, 6) is 0.356. The second-order valence-corrected chi connectivity index (χ2v) is 6.34. The fraction of sp³-hybridized carbons (Fsp3) is 0.471. The van der Waals surface area contributed by atoms with Crippen LogP contribution in [0.4, 0.5) is 10.1 Å². The van der Waals surface area contributed by atoms with Crippen molar-refractivity contribution < 1.29 is 13.6 Å². The molecule has 1 aromatic carbocycles. The van der Waals surface area contributed by atoms with E-state index in [1.807, 2.05) is 19.9 Å². The standard InChI is InChI=1S/C17H22FN3O2/c1-10-7-13(15-12(14(10)19)8-11(2)23-15)16(22)21-9-17(18)3-5-20-6-4-17/h7-8,20H,3-6,9,19H2,1-2H3,(H,21,22). The van der Waals surface area contributed by atoms with Gasteiger partial charge in [0.25, 0.3) is 5.91 Å². The second-order valence-electron chi connectivity index (χ2n) is 6.34. The first kappa shape index (κ1) is 15.8. The highest BCUT2D eigenvalue weighted by Gasteiger charge is 2.32. The maximum absolute atomic E-state index is 14.6. The van der Waals surface area contributed by atoms with Gasteiger partial charge in [0, 0.05) is 11.1 Å². The van der Waals surface area contributed by atoms with Crippen molar-refractivity contribution >= 4 is 22.6 Å². The monoisotopic (exact) mass is 319 g/mol. The zero-order valence-electron chi connectivity index (χ0n) is 13.5. The smallest absolute Gasteiger partial charge is 0.255 e. The first-order chi connectivity index (χ1) is 10.9. The molecule has 1 fully saturated rings. The van der Waals surface area contributed by atoms with Crippen LogP contribution in [0.15, 0.2) is 16.5 Å². The molecule has 5 nitrogen and oxygen atoms in total. The van der Waals surface area contributed by atoms with Crippen LogP contribution in [0.1, 0.15) is 34.5 Å². The average Bonchev–Trinajstić information content (AvgIpc) is 2.91. The van der Waals surface area contributed by atoms with Crippen LogP contribution in [0.5, 0.6) is 0 Å². The molecule has 1 saturated heterocycles. The van der Waals surface area contributed by atoms with Gasteiger partial charge < -0.3 is 20.8 Å². The van der Waals surface area contributed by atoms with E-state index in [0.717, 1.165) is 10.9 Å². The number of alkyl halides is 1. The Kier molecular flexibility index (Phi) is 4.02. The van der Waals surface area contributed by atoms with E-state index < -0.39 is 5.67 Å².